The lowest BCUT2D eigenvalue weighted by Gasteiger charge is -2.15. The van der Waals surface area contributed by atoms with Crippen LogP contribution in [0.1, 0.15) is 33.1 Å². The first-order valence-corrected chi connectivity index (χ1v) is 8.62. The van der Waals surface area contributed by atoms with Gasteiger partial charge in [0, 0.05) is 0 Å². The maximum Gasteiger partial charge on any atom is 0.261 e. The van der Waals surface area contributed by atoms with Gasteiger partial charge < -0.3 is 4.74 Å². The van der Waals surface area contributed by atoms with Gasteiger partial charge in [-0.25, -0.2) is 13.9 Å². The Morgan fingerprint density at radius 3 is 2.41 bits per heavy atom. The highest BCUT2D eigenvalue weighted by Crippen LogP contribution is 2.16. The molecule has 0 aliphatic carbocycles. The molecule has 0 aromatic heterocycles. The van der Waals surface area contributed by atoms with Crippen LogP contribution in [-0.4, -0.2) is 32.2 Å². The minimum atomic E-state index is -3.85. The molecule has 1 aromatic rings. The molecule has 7 nitrogen and oxygen atoms in total. The van der Waals surface area contributed by atoms with Crippen molar-refractivity contribution in [3.8, 4) is 5.75 Å². The van der Waals surface area contributed by atoms with Crippen LogP contribution in [0.15, 0.2) is 29.2 Å². The summed E-state index contributed by atoms with van der Waals surface area (Å²) in [6.07, 6.45) is 2.15. The molecular weight excluding hydrogens is 308 g/mol. The summed E-state index contributed by atoms with van der Waals surface area (Å²) < 4.78 is 32.1. The van der Waals surface area contributed by atoms with Crippen molar-refractivity contribution in [2.75, 3.05) is 6.61 Å². The van der Waals surface area contributed by atoms with Crippen LogP contribution >= 0.6 is 0 Å². The van der Waals surface area contributed by atoms with E-state index in [9.17, 15) is 13.2 Å². The van der Waals surface area contributed by atoms with E-state index in [1.54, 1.807) is 19.1 Å². The number of amides is 1. The quantitative estimate of drug-likeness (QED) is 0.361. The Morgan fingerprint density at radius 1 is 1.27 bits per heavy atom. The highest BCUT2D eigenvalue weighted by molar-refractivity contribution is 7.89. The zero-order valence-electron chi connectivity index (χ0n) is 12.7. The van der Waals surface area contributed by atoms with E-state index < -0.39 is 22.0 Å². The van der Waals surface area contributed by atoms with Gasteiger partial charge in [0.1, 0.15) is 11.8 Å². The summed E-state index contributed by atoms with van der Waals surface area (Å²) in [4.78, 5) is 11.4. The molecule has 1 amide bonds. The van der Waals surface area contributed by atoms with Crippen LogP contribution in [-0.2, 0) is 14.8 Å². The van der Waals surface area contributed by atoms with Crippen LogP contribution < -0.4 is 14.9 Å². The fourth-order valence-electron chi connectivity index (χ4n) is 1.70. The van der Waals surface area contributed by atoms with Crippen molar-refractivity contribution in [1.82, 2.24) is 10.2 Å². The zero-order valence-corrected chi connectivity index (χ0v) is 13.5. The van der Waals surface area contributed by atoms with Crippen molar-refractivity contribution in [2.45, 2.75) is 44.0 Å². The number of hydrogen-bond acceptors (Lipinski definition) is 5. The highest BCUT2D eigenvalue weighted by atomic mass is 32.2. The third kappa shape index (κ3) is 5.28. The predicted molar refractivity (Wildman–Crippen MR) is 81.2 cm³/mol. The maximum absolute atomic E-state index is 12.2. The molecule has 0 fully saturated rings. The molecule has 1 unspecified atom stereocenters. The Labute approximate surface area is 130 Å². The van der Waals surface area contributed by atoms with Crippen LogP contribution in [0, 0.1) is 0 Å². The molecule has 22 heavy (non-hydrogen) atoms. The lowest BCUT2D eigenvalue weighted by molar-refractivity contribution is -0.131. The van der Waals surface area contributed by atoms with E-state index in [1.165, 1.54) is 17.6 Å². The molecule has 1 aromatic carbocycles. The summed E-state index contributed by atoms with van der Waals surface area (Å²) in [7, 11) is -3.85. The third-order valence-electron chi connectivity index (χ3n) is 3.03. The van der Waals surface area contributed by atoms with Crippen molar-refractivity contribution in [1.29, 1.82) is 0 Å². The number of hydroxylamine groups is 1. The van der Waals surface area contributed by atoms with E-state index in [0.717, 1.165) is 12.8 Å². The Hall–Kier alpha value is -1.64. The Bertz CT molecular complexity index is 571. The van der Waals surface area contributed by atoms with Gasteiger partial charge in [-0.3, -0.25) is 10.0 Å². The van der Waals surface area contributed by atoms with Gasteiger partial charge in [0.2, 0.25) is 10.0 Å². The standard InChI is InChI=1S/C14H22N2O5S/c1-3-5-10-21-11-6-8-12(9-7-11)22(19,20)16-13(4-2)14(17)15-18/h6-9,13,16,18H,3-5,10H2,1-2H3,(H,15,17). The molecule has 0 saturated carbocycles. The number of ether oxygens (including phenoxy) is 1. The minimum absolute atomic E-state index is 0.0273. The lowest BCUT2D eigenvalue weighted by Crippen LogP contribution is -2.45. The van der Waals surface area contributed by atoms with Crippen LogP contribution in [0.25, 0.3) is 0 Å². The van der Waals surface area contributed by atoms with Crippen molar-refractivity contribution in [3.63, 3.8) is 0 Å². The molecule has 0 saturated heterocycles. The third-order valence-corrected chi connectivity index (χ3v) is 4.52. The van der Waals surface area contributed by atoms with Crippen molar-refractivity contribution in [2.24, 2.45) is 0 Å². The van der Waals surface area contributed by atoms with Gasteiger partial charge in [-0.1, -0.05) is 20.3 Å². The highest BCUT2D eigenvalue weighted by Gasteiger charge is 2.24. The molecule has 0 heterocycles. The van der Waals surface area contributed by atoms with Crippen LogP contribution in [0.5, 0.6) is 5.75 Å². The lowest BCUT2D eigenvalue weighted by atomic mass is 10.2. The second kappa shape index (κ2) is 8.72. The van der Waals surface area contributed by atoms with Gasteiger partial charge in [0.25, 0.3) is 5.91 Å². The number of sulfonamides is 1. The second-order valence-corrected chi connectivity index (χ2v) is 6.45. The average molecular weight is 330 g/mol. The number of hydrogen-bond donors (Lipinski definition) is 3. The second-order valence-electron chi connectivity index (χ2n) is 4.73. The molecule has 0 spiro atoms. The van der Waals surface area contributed by atoms with Crippen LogP contribution in [0.4, 0.5) is 0 Å². The summed E-state index contributed by atoms with van der Waals surface area (Å²) in [5.74, 6) is -0.210. The Morgan fingerprint density at radius 2 is 1.91 bits per heavy atom. The van der Waals surface area contributed by atoms with Gasteiger partial charge in [0.05, 0.1) is 11.5 Å². The average Bonchev–Trinajstić information content (AvgIpc) is 2.52. The smallest absolute Gasteiger partial charge is 0.261 e. The van der Waals surface area contributed by atoms with Gasteiger partial charge in [-0.2, -0.15) is 4.72 Å². The van der Waals surface area contributed by atoms with E-state index in [4.69, 9.17) is 9.94 Å². The maximum atomic E-state index is 12.2. The van der Waals surface area contributed by atoms with E-state index in [2.05, 4.69) is 11.6 Å². The first-order chi connectivity index (χ1) is 10.4. The first-order valence-electron chi connectivity index (χ1n) is 7.13. The number of benzene rings is 1. The topological polar surface area (TPSA) is 105 Å². The predicted octanol–water partition coefficient (Wildman–Crippen LogP) is 1.43. The number of carbonyl (C=O) groups excluding carboxylic acids is 1. The minimum Gasteiger partial charge on any atom is -0.494 e. The van der Waals surface area contributed by atoms with Crippen molar-refractivity contribution >= 4 is 15.9 Å². The summed E-state index contributed by atoms with van der Waals surface area (Å²) in [6, 6.07) is 4.92. The molecular formula is C14H22N2O5S. The van der Waals surface area contributed by atoms with Crippen molar-refractivity contribution in [3.05, 3.63) is 24.3 Å². The SMILES string of the molecule is CCCCOc1ccc(S(=O)(=O)NC(CC)C(=O)NO)cc1. The van der Waals surface area contributed by atoms with Gasteiger partial charge in [-0.05, 0) is 37.1 Å². The largest absolute Gasteiger partial charge is 0.494 e. The molecule has 0 aliphatic heterocycles. The number of carbonyl (C=O) groups is 1. The van der Waals surface area contributed by atoms with Gasteiger partial charge in [0.15, 0.2) is 0 Å². The fraction of sp³-hybridized carbons (Fsp3) is 0.500. The van der Waals surface area contributed by atoms with Gasteiger partial charge in [-0.15, -0.1) is 0 Å². The van der Waals surface area contributed by atoms with Gasteiger partial charge >= 0.3 is 0 Å². The Balaban J connectivity index is 2.78. The summed E-state index contributed by atoms with van der Waals surface area (Å²) in [5, 5.41) is 8.59. The van der Waals surface area contributed by atoms with E-state index in [0.29, 0.717) is 12.4 Å². The molecule has 8 heteroatoms. The van der Waals surface area contributed by atoms with Crippen LogP contribution in [0.2, 0.25) is 0 Å². The fourth-order valence-corrected chi connectivity index (χ4v) is 2.98. The summed E-state index contributed by atoms with van der Waals surface area (Å²) in [5.41, 5.74) is 1.44. The molecule has 0 bridgehead atoms. The molecule has 0 radical (unpaired) electrons. The normalized spacial score (nSPS) is 12.7. The van der Waals surface area contributed by atoms with E-state index in [-0.39, 0.29) is 11.3 Å². The number of nitrogens with one attached hydrogen (secondary N) is 2. The van der Waals surface area contributed by atoms with E-state index in [1.807, 2.05) is 0 Å². The molecule has 1 atom stereocenters. The summed E-state index contributed by atoms with van der Waals surface area (Å²) >= 11 is 0. The zero-order chi connectivity index (χ0) is 16.6. The summed E-state index contributed by atoms with van der Waals surface area (Å²) in [6.45, 7) is 4.26. The monoisotopic (exact) mass is 330 g/mol. The molecule has 124 valence electrons. The molecule has 0 aliphatic rings. The number of rotatable bonds is 9. The van der Waals surface area contributed by atoms with Crippen molar-refractivity contribution < 1.29 is 23.2 Å². The van der Waals surface area contributed by atoms with E-state index >= 15 is 0 Å². The molecule has 1 rings (SSSR count). The Kier molecular flexibility index (Phi) is 7.30. The number of unbranched alkanes of at least 4 members (excludes halogenated alkanes) is 1. The molecule has 3 N–H and O–H groups in total. The first kappa shape index (κ1) is 18.4. The van der Waals surface area contributed by atoms with Crippen LogP contribution in [0.3, 0.4) is 0 Å².